The molecule has 3 heteroatoms. The molecule has 0 atom stereocenters. The Labute approximate surface area is 112 Å². The van der Waals surface area contributed by atoms with E-state index in [1.165, 1.54) is 32.1 Å². The number of nitrogens with zero attached hydrogens (tertiary/aromatic N) is 3. The third-order valence-electron chi connectivity index (χ3n) is 3.12. The van der Waals surface area contributed by atoms with Crippen molar-refractivity contribution >= 4 is 5.82 Å². The summed E-state index contributed by atoms with van der Waals surface area (Å²) < 4.78 is 0. The van der Waals surface area contributed by atoms with Crippen LogP contribution in [0.2, 0.25) is 0 Å². The van der Waals surface area contributed by atoms with Crippen LogP contribution in [0.15, 0.2) is 12.3 Å². The van der Waals surface area contributed by atoms with Crippen molar-refractivity contribution in [3.05, 3.63) is 18.1 Å². The third-order valence-corrected chi connectivity index (χ3v) is 3.12. The highest BCUT2D eigenvalue weighted by molar-refractivity contribution is 5.37. The van der Waals surface area contributed by atoms with Crippen molar-refractivity contribution in [3.63, 3.8) is 0 Å². The van der Waals surface area contributed by atoms with Crippen LogP contribution in [0.4, 0.5) is 5.82 Å². The number of piperidine rings is 1. The molecule has 0 unspecified atom stereocenters. The largest absolute Gasteiger partial charge is 0.357 e. The normalized spacial score (nSPS) is 14.9. The Morgan fingerprint density at radius 1 is 1.17 bits per heavy atom. The van der Waals surface area contributed by atoms with Gasteiger partial charge in [0, 0.05) is 25.7 Å². The van der Waals surface area contributed by atoms with Gasteiger partial charge >= 0.3 is 0 Å². The first-order valence-corrected chi connectivity index (χ1v) is 7.47. The van der Waals surface area contributed by atoms with Crippen LogP contribution in [0, 0.1) is 0 Å². The Bertz CT molecular complexity index is 319. The molecule has 1 aliphatic heterocycles. The van der Waals surface area contributed by atoms with Gasteiger partial charge in [-0.2, -0.15) is 0 Å². The zero-order valence-electron chi connectivity index (χ0n) is 12.2. The second-order valence-corrected chi connectivity index (χ2v) is 4.48. The molecule has 1 aliphatic rings. The van der Waals surface area contributed by atoms with E-state index in [1.54, 1.807) is 0 Å². The molecule has 3 nitrogen and oxygen atoms in total. The summed E-state index contributed by atoms with van der Waals surface area (Å²) in [4.78, 5) is 11.4. The second-order valence-electron chi connectivity index (χ2n) is 4.48. The Morgan fingerprint density at radius 2 is 1.89 bits per heavy atom. The van der Waals surface area contributed by atoms with E-state index in [9.17, 15) is 0 Å². The summed E-state index contributed by atoms with van der Waals surface area (Å²) in [5.74, 6) is 2.13. The Kier molecular flexibility index (Phi) is 7.38. The average Bonchev–Trinajstić information content (AvgIpc) is 2.48. The first-order chi connectivity index (χ1) is 8.90. The summed E-state index contributed by atoms with van der Waals surface area (Å²) in [6.45, 7) is 8.52. The molecule has 0 N–H and O–H groups in total. The van der Waals surface area contributed by atoms with Gasteiger partial charge in [0.05, 0.1) is 0 Å². The maximum absolute atomic E-state index is 4.65. The fourth-order valence-corrected chi connectivity index (χ4v) is 2.14. The summed E-state index contributed by atoms with van der Waals surface area (Å²) in [6, 6.07) is 2.04. The zero-order chi connectivity index (χ0) is 13.2. The van der Waals surface area contributed by atoms with Crippen molar-refractivity contribution < 1.29 is 0 Å². The summed E-state index contributed by atoms with van der Waals surface area (Å²) in [6.07, 6.45) is 9.27. The number of unbranched alkanes of at least 4 members (excludes halogenated alkanes) is 1. The van der Waals surface area contributed by atoms with Crippen molar-refractivity contribution in [2.75, 3.05) is 18.0 Å². The molecule has 1 fully saturated rings. The van der Waals surface area contributed by atoms with E-state index in [-0.39, 0.29) is 0 Å². The predicted octanol–water partition coefficient (Wildman–Crippen LogP) is 3.84. The van der Waals surface area contributed by atoms with Gasteiger partial charge in [0.15, 0.2) is 0 Å². The molecule has 2 heterocycles. The summed E-state index contributed by atoms with van der Waals surface area (Å²) in [7, 11) is 0. The van der Waals surface area contributed by atoms with Crippen LogP contribution in [0.1, 0.15) is 58.7 Å². The minimum atomic E-state index is 1.00. The standard InChI is InChI=1S/C13H21N3.C2H6/c1-2-3-7-12-14-9-8-13(15-12)16-10-5-4-6-11-16;1-2/h8-9H,2-7,10-11H2,1H3;1-2H3. The highest BCUT2D eigenvalue weighted by Gasteiger charge is 2.12. The topological polar surface area (TPSA) is 29.0 Å². The van der Waals surface area contributed by atoms with Gasteiger partial charge in [0.1, 0.15) is 11.6 Å². The number of aromatic nitrogens is 2. The number of hydrogen-bond acceptors (Lipinski definition) is 3. The van der Waals surface area contributed by atoms with E-state index < -0.39 is 0 Å². The van der Waals surface area contributed by atoms with Gasteiger partial charge in [-0.15, -0.1) is 0 Å². The maximum Gasteiger partial charge on any atom is 0.132 e. The van der Waals surface area contributed by atoms with Crippen LogP contribution in [0.3, 0.4) is 0 Å². The fraction of sp³-hybridized carbons (Fsp3) is 0.733. The van der Waals surface area contributed by atoms with Gasteiger partial charge in [0.25, 0.3) is 0 Å². The lowest BCUT2D eigenvalue weighted by atomic mass is 10.1. The van der Waals surface area contributed by atoms with Gasteiger partial charge in [-0.05, 0) is 31.7 Å². The SMILES string of the molecule is CC.CCCCc1nccc(N2CCCCC2)n1. The molecular formula is C15H27N3. The van der Waals surface area contributed by atoms with E-state index in [1.807, 2.05) is 26.1 Å². The van der Waals surface area contributed by atoms with Crippen LogP contribution < -0.4 is 4.90 Å². The van der Waals surface area contributed by atoms with Crippen molar-refractivity contribution in [2.24, 2.45) is 0 Å². The first-order valence-electron chi connectivity index (χ1n) is 7.47. The fourth-order valence-electron chi connectivity index (χ4n) is 2.14. The molecule has 18 heavy (non-hydrogen) atoms. The van der Waals surface area contributed by atoms with Gasteiger partial charge in [0.2, 0.25) is 0 Å². The number of hydrogen-bond donors (Lipinski definition) is 0. The molecule has 0 aromatic carbocycles. The van der Waals surface area contributed by atoms with Gasteiger partial charge in [-0.3, -0.25) is 0 Å². The lowest BCUT2D eigenvalue weighted by Gasteiger charge is -2.27. The molecule has 0 spiro atoms. The molecular weight excluding hydrogens is 222 g/mol. The lowest BCUT2D eigenvalue weighted by molar-refractivity contribution is 0.571. The average molecular weight is 249 g/mol. The van der Waals surface area contributed by atoms with E-state index in [0.29, 0.717) is 0 Å². The monoisotopic (exact) mass is 249 g/mol. The van der Waals surface area contributed by atoms with Crippen LogP contribution in [-0.2, 0) is 6.42 Å². The number of anilines is 1. The Balaban J connectivity index is 0.000000771. The molecule has 0 bridgehead atoms. The minimum absolute atomic E-state index is 1.00. The lowest BCUT2D eigenvalue weighted by Crippen LogP contribution is -2.30. The Morgan fingerprint density at radius 3 is 2.56 bits per heavy atom. The molecule has 0 radical (unpaired) electrons. The van der Waals surface area contributed by atoms with Gasteiger partial charge < -0.3 is 4.90 Å². The predicted molar refractivity (Wildman–Crippen MR) is 78.1 cm³/mol. The van der Waals surface area contributed by atoms with Crippen molar-refractivity contribution in [1.29, 1.82) is 0 Å². The number of rotatable bonds is 4. The first kappa shape index (κ1) is 14.9. The van der Waals surface area contributed by atoms with Crippen LogP contribution in [0.5, 0.6) is 0 Å². The van der Waals surface area contributed by atoms with Crippen LogP contribution >= 0.6 is 0 Å². The number of aryl methyl sites for hydroxylation is 1. The third kappa shape index (κ3) is 4.63. The minimum Gasteiger partial charge on any atom is -0.357 e. The van der Waals surface area contributed by atoms with E-state index in [0.717, 1.165) is 31.2 Å². The zero-order valence-corrected chi connectivity index (χ0v) is 12.2. The molecule has 0 amide bonds. The van der Waals surface area contributed by atoms with Crippen LogP contribution in [-0.4, -0.2) is 23.1 Å². The van der Waals surface area contributed by atoms with Gasteiger partial charge in [-0.1, -0.05) is 27.2 Å². The Hall–Kier alpha value is -1.12. The molecule has 0 aliphatic carbocycles. The van der Waals surface area contributed by atoms with E-state index >= 15 is 0 Å². The molecule has 1 aromatic rings. The van der Waals surface area contributed by atoms with Crippen LogP contribution in [0.25, 0.3) is 0 Å². The maximum atomic E-state index is 4.65. The molecule has 1 saturated heterocycles. The van der Waals surface area contributed by atoms with Gasteiger partial charge in [-0.25, -0.2) is 9.97 Å². The smallest absolute Gasteiger partial charge is 0.132 e. The second kappa shape index (κ2) is 8.90. The molecule has 1 aromatic heterocycles. The quantitative estimate of drug-likeness (QED) is 0.812. The molecule has 2 rings (SSSR count). The molecule has 0 saturated carbocycles. The van der Waals surface area contributed by atoms with E-state index in [2.05, 4.69) is 21.8 Å². The van der Waals surface area contributed by atoms with Crippen molar-refractivity contribution in [2.45, 2.75) is 59.3 Å². The van der Waals surface area contributed by atoms with E-state index in [4.69, 9.17) is 0 Å². The highest BCUT2D eigenvalue weighted by atomic mass is 15.2. The summed E-state index contributed by atoms with van der Waals surface area (Å²) >= 11 is 0. The molecule has 102 valence electrons. The highest BCUT2D eigenvalue weighted by Crippen LogP contribution is 2.17. The summed E-state index contributed by atoms with van der Waals surface area (Å²) in [5, 5.41) is 0. The van der Waals surface area contributed by atoms with Crippen molar-refractivity contribution in [1.82, 2.24) is 9.97 Å². The van der Waals surface area contributed by atoms with Crippen molar-refractivity contribution in [3.8, 4) is 0 Å². The summed E-state index contributed by atoms with van der Waals surface area (Å²) in [5.41, 5.74) is 0.